The maximum absolute atomic E-state index is 12.7. The van der Waals surface area contributed by atoms with Gasteiger partial charge in [-0.05, 0) is 31.5 Å². The van der Waals surface area contributed by atoms with Crippen molar-refractivity contribution in [2.45, 2.75) is 33.5 Å². The number of hydrogen-bond donors (Lipinski definition) is 1. The zero-order valence-electron chi connectivity index (χ0n) is 13.1. The van der Waals surface area contributed by atoms with Gasteiger partial charge >= 0.3 is 6.18 Å². The predicted octanol–water partition coefficient (Wildman–Crippen LogP) is 3.79. The fourth-order valence-electron chi connectivity index (χ4n) is 2.14. The molecular weight excluding hydrogens is 307 g/mol. The van der Waals surface area contributed by atoms with Crippen LogP contribution in [0, 0.1) is 19.8 Å². The van der Waals surface area contributed by atoms with Crippen molar-refractivity contribution in [3.8, 4) is 0 Å². The van der Waals surface area contributed by atoms with Gasteiger partial charge in [0.25, 0.3) is 0 Å². The van der Waals surface area contributed by atoms with Crippen LogP contribution in [0.15, 0.2) is 30.3 Å². The molecule has 1 aromatic carbocycles. The average Bonchev–Trinajstić information content (AvgIpc) is 2.82. The van der Waals surface area contributed by atoms with Crippen LogP contribution in [0.3, 0.4) is 0 Å². The van der Waals surface area contributed by atoms with Gasteiger partial charge in [0.2, 0.25) is 5.91 Å². The molecule has 0 aliphatic rings. The minimum atomic E-state index is -4.48. The van der Waals surface area contributed by atoms with Gasteiger partial charge in [-0.25, -0.2) is 0 Å². The molecule has 0 bridgehead atoms. The molecule has 7 heteroatoms. The van der Waals surface area contributed by atoms with Crippen LogP contribution < -0.4 is 5.32 Å². The van der Waals surface area contributed by atoms with Crippen LogP contribution >= 0.6 is 0 Å². The average molecular weight is 325 g/mol. The largest absolute Gasteiger partial charge is 0.435 e. The van der Waals surface area contributed by atoms with Crippen LogP contribution in [0.5, 0.6) is 0 Å². The van der Waals surface area contributed by atoms with E-state index in [4.69, 9.17) is 0 Å². The third-order valence-electron chi connectivity index (χ3n) is 3.57. The molecule has 0 fully saturated rings. The fourth-order valence-corrected chi connectivity index (χ4v) is 2.14. The number of rotatable bonds is 4. The molecule has 1 atom stereocenters. The Kier molecular flexibility index (Phi) is 4.77. The summed E-state index contributed by atoms with van der Waals surface area (Å²) in [5, 5.41) is 6.32. The molecule has 124 valence electrons. The van der Waals surface area contributed by atoms with Crippen LogP contribution in [-0.2, 0) is 17.5 Å². The van der Waals surface area contributed by atoms with Crippen molar-refractivity contribution >= 4 is 11.6 Å². The highest BCUT2D eigenvalue weighted by molar-refractivity contribution is 5.92. The number of carbonyl (C=O) groups excluding carboxylic acids is 1. The zero-order chi connectivity index (χ0) is 17.2. The lowest BCUT2D eigenvalue weighted by atomic mass is 10.1. The van der Waals surface area contributed by atoms with Crippen LogP contribution in [0.4, 0.5) is 18.9 Å². The Balaban J connectivity index is 2.07. The van der Waals surface area contributed by atoms with Crippen molar-refractivity contribution in [2.75, 3.05) is 5.32 Å². The molecule has 23 heavy (non-hydrogen) atoms. The van der Waals surface area contributed by atoms with Gasteiger partial charge in [-0.3, -0.25) is 9.48 Å². The number of benzene rings is 1. The number of anilines is 1. The summed E-state index contributed by atoms with van der Waals surface area (Å²) in [6.45, 7) is 5.14. The van der Waals surface area contributed by atoms with Gasteiger partial charge < -0.3 is 5.32 Å². The van der Waals surface area contributed by atoms with Gasteiger partial charge in [0, 0.05) is 11.4 Å². The minimum absolute atomic E-state index is 0.0830. The summed E-state index contributed by atoms with van der Waals surface area (Å²) in [6, 6.07) is 8.29. The van der Waals surface area contributed by atoms with Gasteiger partial charge in [0.15, 0.2) is 5.69 Å². The maximum Gasteiger partial charge on any atom is 0.435 e. The maximum atomic E-state index is 12.7. The summed E-state index contributed by atoms with van der Waals surface area (Å²) >= 11 is 0. The molecular formula is C16H18F3N3O. The van der Waals surface area contributed by atoms with Crippen LogP contribution in [0.2, 0.25) is 0 Å². The van der Waals surface area contributed by atoms with E-state index in [1.165, 1.54) is 11.6 Å². The van der Waals surface area contributed by atoms with Crippen LogP contribution in [0.1, 0.15) is 23.9 Å². The number of carbonyl (C=O) groups is 1. The standard InChI is InChI=1S/C16H18F3N3O/c1-10-6-4-5-7-13(10)20-15(23)11(2)9-22-12(3)8-14(21-22)16(17,18)19/h4-8,11H,9H2,1-3H3,(H,20,23). The number of amides is 1. The first-order chi connectivity index (χ1) is 10.7. The Morgan fingerprint density at radius 2 is 1.96 bits per heavy atom. The Bertz CT molecular complexity index is 707. The summed E-state index contributed by atoms with van der Waals surface area (Å²) in [4.78, 5) is 12.2. The quantitative estimate of drug-likeness (QED) is 0.929. The number of nitrogens with zero attached hydrogens (tertiary/aromatic N) is 2. The van der Waals surface area contributed by atoms with Crippen molar-refractivity contribution in [3.05, 3.63) is 47.3 Å². The summed E-state index contributed by atoms with van der Waals surface area (Å²) in [7, 11) is 0. The van der Waals surface area contributed by atoms with Crippen molar-refractivity contribution in [3.63, 3.8) is 0 Å². The van der Waals surface area contributed by atoms with Gasteiger partial charge in [-0.1, -0.05) is 25.1 Å². The van der Waals surface area contributed by atoms with Gasteiger partial charge in [-0.2, -0.15) is 18.3 Å². The summed E-state index contributed by atoms with van der Waals surface area (Å²) < 4.78 is 39.2. The third-order valence-corrected chi connectivity index (χ3v) is 3.57. The lowest BCUT2D eigenvalue weighted by molar-refractivity contribution is -0.141. The zero-order valence-corrected chi connectivity index (χ0v) is 13.1. The highest BCUT2D eigenvalue weighted by atomic mass is 19.4. The highest BCUT2D eigenvalue weighted by Crippen LogP contribution is 2.28. The molecule has 1 heterocycles. The van der Waals surface area contributed by atoms with E-state index < -0.39 is 17.8 Å². The molecule has 0 saturated carbocycles. The Hall–Kier alpha value is -2.31. The van der Waals surface area contributed by atoms with E-state index >= 15 is 0 Å². The third kappa shape index (κ3) is 4.12. The number of para-hydroxylation sites is 1. The molecule has 4 nitrogen and oxygen atoms in total. The smallest absolute Gasteiger partial charge is 0.326 e. The highest BCUT2D eigenvalue weighted by Gasteiger charge is 2.34. The van der Waals surface area contributed by atoms with Crippen LogP contribution in [0.25, 0.3) is 0 Å². The first kappa shape index (κ1) is 17.1. The minimum Gasteiger partial charge on any atom is -0.326 e. The van der Waals surface area contributed by atoms with E-state index in [0.717, 1.165) is 11.6 Å². The Morgan fingerprint density at radius 1 is 1.30 bits per heavy atom. The molecule has 1 unspecified atom stereocenters. The number of aromatic nitrogens is 2. The van der Waals surface area contributed by atoms with Gasteiger partial charge in [0.05, 0.1) is 12.5 Å². The second kappa shape index (κ2) is 6.44. The molecule has 0 aliphatic carbocycles. The van der Waals surface area contributed by atoms with E-state index in [1.54, 1.807) is 19.1 Å². The van der Waals surface area contributed by atoms with E-state index in [2.05, 4.69) is 10.4 Å². The molecule has 0 radical (unpaired) electrons. The summed E-state index contributed by atoms with van der Waals surface area (Å²) in [5.41, 5.74) is 1.04. The summed E-state index contributed by atoms with van der Waals surface area (Å²) in [6.07, 6.45) is -4.48. The normalized spacial score (nSPS) is 13.0. The van der Waals surface area contributed by atoms with Crippen LogP contribution in [-0.4, -0.2) is 15.7 Å². The SMILES string of the molecule is Cc1ccccc1NC(=O)C(C)Cn1nc(C(F)(F)F)cc1C. The Morgan fingerprint density at radius 3 is 2.52 bits per heavy atom. The van der Waals surface area contributed by atoms with E-state index in [1.807, 2.05) is 19.1 Å². The molecule has 1 aromatic heterocycles. The van der Waals surface area contributed by atoms with Crippen molar-refractivity contribution in [2.24, 2.45) is 5.92 Å². The number of alkyl halides is 3. The number of hydrogen-bond acceptors (Lipinski definition) is 2. The number of aryl methyl sites for hydroxylation is 2. The first-order valence-corrected chi connectivity index (χ1v) is 7.16. The molecule has 0 spiro atoms. The number of halogens is 3. The lowest BCUT2D eigenvalue weighted by Crippen LogP contribution is -2.25. The van der Waals surface area contributed by atoms with Gasteiger partial charge in [0.1, 0.15) is 0 Å². The molecule has 0 aliphatic heterocycles. The fraction of sp³-hybridized carbons (Fsp3) is 0.375. The molecule has 0 saturated heterocycles. The molecule has 1 amide bonds. The second-order valence-corrected chi connectivity index (χ2v) is 5.56. The van der Waals surface area contributed by atoms with Crippen molar-refractivity contribution in [1.29, 1.82) is 0 Å². The molecule has 2 aromatic rings. The van der Waals surface area contributed by atoms with Gasteiger partial charge in [-0.15, -0.1) is 0 Å². The second-order valence-electron chi connectivity index (χ2n) is 5.56. The summed E-state index contributed by atoms with van der Waals surface area (Å²) in [5.74, 6) is -0.781. The van der Waals surface area contributed by atoms with E-state index in [0.29, 0.717) is 11.4 Å². The van der Waals surface area contributed by atoms with E-state index in [-0.39, 0.29) is 12.5 Å². The lowest BCUT2D eigenvalue weighted by Gasteiger charge is -2.14. The van der Waals surface area contributed by atoms with E-state index in [9.17, 15) is 18.0 Å². The topological polar surface area (TPSA) is 46.9 Å². The van der Waals surface area contributed by atoms with Crippen molar-refractivity contribution < 1.29 is 18.0 Å². The predicted molar refractivity (Wildman–Crippen MR) is 80.9 cm³/mol. The number of nitrogens with one attached hydrogen (secondary N) is 1. The Labute approximate surface area is 132 Å². The molecule has 1 N–H and O–H groups in total. The molecule has 2 rings (SSSR count). The van der Waals surface area contributed by atoms with Crippen molar-refractivity contribution in [1.82, 2.24) is 9.78 Å². The monoisotopic (exact) mass is 325 g/mol. The first-order valence-electron chi connectivity index (χ1n) is 7.16.